The summed E-state index contributed by atoms with van der Waals surface area (Å²) in [6.45, 7) is 1.47. The number of nitrogens with zero attached hydrogens (tertiary/aromatic N) is 1. The van der Waals surface area contributed by atoms with Crippen LogP contribution in [0, 0.1) is 0 Å². The number of amides is 1. The molecule has 4 heteroatoms. The van der Waals surface area contributed by atoms with E-state index < -0.39 is 0 Å². The molecule has 0 bridgehead atoms. The standard InChI is InChI=1S/C22H20N2O2/c1-16(25)24-21-19(13-14-23-22(21)26-2)15-20(17-9-5-3-6-10-17)18-11-7-4-8-12-18/h3-15H,1-2H3,(H,24,25). The lowest BCUT2D eigenvalue weighted by Gasteiger charge is -2.13. The minimum absolute atomic E-state index is 0.174. The number of carbonyl (C=O) groups is 1. The highest BCUT2D eigenvalue weighted by Gasteiger charge is 2.13. The predicted octanol–water partition coefficient (Wildman–Crippen LogP) is 4.64. The highest BCUT2D eigenvalue weighted by atomic mass is 16.5. The Morgan fingerprint density at radius 1 is 0.962 bits per heavy atom. The van der Waals surface area contributed by atoms with Gasteiger partial charge in [-0.1, -0.05) is 60.7 Å². The molecule has 3 aromatic rings. The Balaban J connectivity index is 2.19. The average Bonchev–Trinajstić information content (AvgIpc) is 2.68. The molecule has 0 radical (unpaired) electrons. The van der Waals surface area contributed by atoms with Gasteiger partial charge in [-0.3, -0.25) is 4.79 Å². The maximum absolute atomic E-state index is 11.6. The van der Waals surface area contributed by atoms with Crippen LogP contribution in [0.15, 0.2) is 72.9 Å². The van der Waals surface area contributed by atoms with Gasteiger partial charge in [0.05, 0.1) is 7.11 Å². The molecule has 0 aliphatic rings. The SMILES string of the molecule is COc1nccc(C=C(c2ccccc2)c2ccccc2)c1NC(C)=O. The van der Waals surface area contributed by atoms with Crippen LogP contribution >= 0.6 is 0 Å². The number of hydrogen-bond acceptors (Lipinski definition) is 3. The van der Waals surface area contributed by atoms with E-state index in [1.807, 2.05) is 48.5 Å². The minimum Gasteiger partial charge on any atom is -0.479 e. The van der Waals surface area contributed by atoms with Gasteiger partial charge in [-0.25, -0.2) is 4.98 Å². The summed E-state index contributed by atoms with van der Waals surface area (Å²) in [5.41, 5.74) is 4.61. The summed E-state index contributed by atoms with van der Waals surface area (Å²) in [6.07, 6.45) is 3.71. The van der Waals surface area contributed by atoms with Gasteiger partial charge in [0.15, 0.2) is 0 Å². The van der Waals surface area contributed by atoms with Gasteiger partial charge in [-0.15, -0.1) is 0 Å². The van der Waals surface area contributed by atoms with E-state index >= 15 is 0 Å². The molecule has 1 aromatic heterocycles. The molecule has 2 aromatic carbocycles. The monoisotopic (exact) mass is 344 g/mol. The van der Waals surface area contributed by atoms with Crippen LogP contribution in [0.3, 0.4) is 0 Å². The zero-order valence-corrected chi connectivity index (χ0v) is 14.8. The van der Waals surface area contributed by atoms with Gasteiger partial charge in [-0.2, -0.15) is 0 Å². The first-order valence-corrected chi connectivity index (χ1v) is 8.32. The van der Waals surface area contributed by atoms with Crippen molar-refractivity contribution in [2.75, 3.05) is 12.4 Å². The van der Waals surface area contributed by atoms with Crippen molar-refractivity contribution < 1.29 is 9.53 Å². The Labute approximate surface area is 153 Å². The Bertz CT molecular complexity index is 878. The number of rotatable bonds is 5. The molecule has 0 fully saturated rings. The predicted molar refractivity (Wildman–Crippen MR) is 105 cm³/mol. The number of hydrogen-bond donors (Lipinski definition) is 1. The Morgan fingerprint density at radius 3 is 2.04 bits per heavy atom. The van der Waals surface area contributed by atoms with E-state index in [9.17, 15) is 4.79 Å². The molecule has 0 saturated carbocycles. The van der Waals surface area contributed by atoms with Crippen LogP contribution in [0.1, 0.15) is 23.6 Å². The minimum atomic E-state index is -0.174. The molecule has 26 heavy (non-hydrogen) atoms. The first kappa shape index (κ1) is 17.4. The van der Waals surface area contributed by atoms with E-state index in [0.717, 1.165) is 22.3 Å². The van der Waals surface area contributed by atoms with Gasteiger partial charge >= 0.3 is 0 Å². The normalized spacial score (nSPS) is 10.1. The van der Waals surface area contributed by atoms with Crippen molar-refractivity contribution in [1.29, 1.82) is 0 Å². The number of nitrogens with one attached hydrogen (secondary N) is 1. The molecule has 0 aliphatic carbocycles. The second-order valence-electron chi connectivity index (χ2n) is 5.76. The van der Waals surface area contributed by atoms with E-state index in [1.165, 1.54) is 14.0 Å². The van der Waals surface area contributed by atoms with Gasteiger partial charge < -0.3 is 10.1 Å². The molecule has 4 nitrogen and oxygen atoms in total. The third-order valence-corrected chi connectivity index (χ3v) is 3.91. The highest BCUT2D eigenvalue weighted by molar-refractivity contribution is 5.98. The fourth-order valence-corrected chi connectivity index (χ4v) is 2.76. The van der Waals surface area contributed by atoms with Crippen LogP contribution in [0.2, 0.25) is 0 Å². The molecular weight excluding hydrogens is 324 g/mol. The second-order valence-corrected chi connectivity index (χ2v) is 5.76. The first-order chi connectivity index (χ1) is 12.7. The Morgan fingerprint density at radius 2 is 1.54 bits per heavy atom. The van der Waals surface area contributed by atoms with Gasteiger partial charge in [0.2, 0.25) is 11.8 Å². The van der Waals surface area contributed by atoms with Crippen molar-refractivity contribution in [2.24, 2.45) is 0 Å². The van der Waals surface area contributed by atoms with E-state index in [1.54, 1.807) is 6.20 Å². The lowest BCUT2D eigenvalue weighted by molar-refractivity contribution is -0.114. The Hall–Kier alpha value is -3.40. The van der Waals surface area contributed by atoms with Crippen molar-refractivity contribution >= 4 is 23.2 Å². The van der Waals surface area contributed by atoms with Crippen LogP contribution in [0.25, 0.3) is 11.6 Å². The lowest BCUT2D eigenvalue weighted by Crippen LogP contribution is -2.09. The number of ether oxygens (including phenoxy) is 1. The third-order valence-electron chi connectivity index (χ3n) is 3.91. The van der Waals surface area contributed by atoms with Crippen LogP contribution in [-0.4, -0.2) is 18.0 Å². The van der Waals surface area contributed by atoms with Crippen molar-refractivity contribution in [3.05, 3.63) is 89.6 Å². The van der Waals surface area contributed by atoms with E-state index in [-0.39, 0.29) is 5.91 Å². The summed E-state index contributed by atoms with van der Waals surface area (Å²) in [7, 11) is 1.54. The fourth-order valence-electron chi connectivity index (χ4n) is 2.76. The first-order valence-electron chi connectivity index (χ1n) is 8.32. The summed E-state index contributed by atoms with van der Waals surface area (Å²) in [6, 6.07) is 22.1. The topological polar surface area (TPSA) is 51.2 Å². The molecule has 0 saturated heterocycles. The Kier molecular flexibility index (Phi) is 5.44. The van der Waals surface area contributed by atoms with Crippen LogP contribution in [-0.2, 0) is 4.79 Å². The van der Waals surface area contributed by atoms with E-state index in [4.69, 9.17) is 4.74 Å². The molecular formula is C22H20N2O2. The van der Waals surface area contributed by atoms with Crippen molar-refractivity contribution in [3.63, 3.8) is 0 Å². The number of methoxy groups -OCH3 is 1. The van der Waals surface area contributed by atoms with Gasteiger partial charge in [0.1, 0.15) is 5.69 Å². The molecule has 0 atom stereocenters. The number of anilines is 1. The zero-order valence-electron chi connectivity index (χ0n) is 14.8. The summed E-state index contributed by atoms with van der Waals surface area (Å²) in [4.78, 5) is 15.8. The maximum atomic E-state index is 11.6. The quantitative estimate of drug-likeness (QED) is 0.734. The van der Waals surface area contributed by atoms with Gasteiger partial charge in [0, 0.05) is 18.7 Å². The van der Waals surface area contributed by atoms with Crippen LogP contribution in [0.5, 0.6) is 5.88 Å². The average molecular weight is 344 g/mol. The van der Waals surface area contributed by atoms with Crippen LogP contribution < -0.4 is 10.1 Å². The third kappa shape index (κ3) is 3.98. The molecule has 3 rings (SSSR count). The number of aromatic nitrogens is 1. The number of carbonyl (C=O) groups excluding carboxylic acids is 1. The fraction of sp³-hybridized carbons (Fsp3) is 0.0909. The van der Waals surface area contributed by atoms with E-state index in [0.29, 0.717) is 11.6 Å². The molecule has 1 heterocycles. The summed E-state index contributed by atoms with van der Waals surface area (Å²) >= 11 is 0. The maximum Gasteiger partial charge on any atom is 0.238 e. The number of pyridine rings is 1. The molecule has 1 amide bonds. The van der Waals surface area contributed by atoms with Crippen LogP contribution in [0.4, 0.5) is 5.69 Å². The highest BCUT2D eigenvalue weighted by Crippen LogP contribution is 2.32. The largest absolute Gasteiger partial charge is 0.479 e. The molecule has 0 aliphatic heterocycles. The zero-order chi connectivity index (χ0) is 18.4. The lowest BCUT2D eigenvalue weighted by atomic mass is 9.95. The van der Waals surface area contributed by atoms with Crippen molar-refractivity contribution in [1.82, 2.24) is 4.98 Å². The van der Waals surface area contributed by atoms with Crippen molar-refractivity contribution in [3.8, 4) is 5.88 Å². The summed E-state index contributed by atoms with van der Waals surface area (Å²) in [5.74, 6) is 0.210. The number of benzene rings is 2. The molecule has 1 N–H and O–H groups in total. The van der Waals surface area contributed by atoms with Gasteiger partial charge in [0.25, 0.3) is 0 Å². The second kappa shape index (κ2) is 8.12. The smallest absolute Gasteiger partial charge is 0.238 e. The summed E-state index contributed by atoms with van der Waals surface area (Å²) in [5, 5.41) is 2.83. The van der Waals surface area contributed by atoms with Gasteiger partial charge in [-0.05, 0) is 28.8 Å². The summed E-state index contributed by atoms with van der Waals surface area (Å²) < 4.78 is 5.32. The molecule has 0 unspecified atom stereocenters. The molecule has 0 spiro atoms. The molecule has 130 valence electrons. The van der Waals surface area contributed by atoms with E-state index in [2.05, 4.69) is 34.6 Å². The van der Waals surface area contributed by atoms with Crippen molar-refractivity contribution in [2.45, 2.75) is 6.92 Å².